The van der Waals surface area contributed by atoms with Crippen LogP contribution in [0.15, 0.2) is 36.8 Å². The van der Waals surface area contributed by atoms with Crippen molar-refractivity contribution in [3.8, 4) is 0 Å². The van der Waals surface area contributed by atoms with Gasteiger partial charge in [-0.3, -0.25) is 14.3 Å². The van der Waals surface area contributed by atoms with Gasteiger partial charge in [0.1, 0.15) is 0 Å². The molecule has 0 radical (unpaired) electrons. The summed E-state index contributed by atoms with van der Waals surface area (Å²) in [6.07, 6.45) is 7.70. The number of aryl methyl sites for hydroxylation is 1. The van der Waals surface area contributed by atoms with Crippen molar-refractivity contribution in [3.05, 3.63) is 42.6 Å². The van der Waals surface area contributed by atoms with Gasteiger partial charge >= 0.3 is 0 Å². The van der Waals surface area contributed by atoms with E-state index in [0.29, 0.717) is 30.6 Å². The summed E-state index contributed by atoms with van der Waals surface area (Å²) in [5, 5.41) is 11.0. The molecule has 1 N–H and O–H groups in total. The monoisotopic (exact) mass is 403 g/mol. The van der Waals surface area contributed by atoms with Crippen LogP contribution in [-0.2, 0) is 16.1 Å². The predicted molar refractivity (Wildman–Crippen MR) is 105 cm³/mol. The number of rotatable bonds is 4. The fourth-order valence-electron chi connectivity index (χ4n) is 4.17. The Hall–Kier alpha value is -2.97. The summed E-state index contributed by atoms with van der Waals surface area (Å²) in [6, 6.07) is 4.96. The minimum Gasteiger partial charge on any atom is -0.483 e. The SMILES string of the molecule is O=C(CCn1cccn1)N1C[C@H]2CCN(c3ncccc3F)CC[C@H]2C1.O=CO. The number of carbonyl (C=O) groups is 2. The number of carboxylic acid groups (broad SMARTS) is 1. The lowest BCUT2D eigenvalue weighted by atomic mass is 9.92. The van der Waals surface area contributed by atoms with Crippen molar-refractivity contribution in [2.24, 2.45) is 11.8 Å². The number of carbonyl (C=O) groups excluding carboxylic acids is 1. The highest BCUT2D eigenvalue weighted by Crippen LogP contribution is 2.33. The van der Waals surface area contributed by atoms with Crippen LogP contribution in [0.2, 0.25) is 0 Å². The third kappa shape index (κ3) is 5.30. The molecule has 0 aliphatic carbocycles. The van der Waals surface area contributed by atoms with Crippen molar-refractivity contribution in [1.82, 2.24) is 19.7 Å². The van der Waals surface area contributed by atoms with Crippen molar-refractivity contribution in [2.45, 2.75) is 25.8 Å². The molecule has 8 nitrogen and oxygen atoms in total. The van der Waals surface area contributed by atoms with E-state index in [1.54, 1.807) is 23.1 Å². The number of likely N-dealkylation sites (tertiary alicyclic amines) is 1. The Morgan fingerprint density at radius 1 is 1.21 bits per heavy atom. The summed E-state index contributed by atoms with van der Waals surface area (Å²) in [7, 11) is 0. The lowest BCUT2D eigenvalue weighted by molar-refractivity contribution is -0.130. The summed E-state index contributed by atoms with van der Waals surface area (Å²) < 4.78 is 15.8. The van der Waals surface area contributed by atoms with Crippen molar-refractivity contribution in [1.29, 1.82) is 0 Å². The molecule has 2 aromatic heterocycles. The zero-order chi connectivity index (χ0) is 20.6. The topological polar surface area (TPSA) is 91.6 Å². The summed E-state index contributed by atoms with van der Waals surface area (Å²) in [4.78, 5) is 29.1. The van der Waals surface area contributed by atoms with Crippen LogP contribution in [-0.4, -0.2) is 63.3 Å². The van der Waals surface area contributed by atoms with Gasteiger partial charge in [-0.2, -0.15) is 5.10 Å². The van der Waals surface area contributed by atoms with Gasteiger partial charge in [-0.25, -0.2) is 9.37 Å². The van der Waals surface area contributed by atoms with E-state index < -0.39 is 0 Å². The van der Waals surface area contributed by atoms with Crippen LogP contribution in [0, 0.1) is 17.7 Å². The normalized spacial score (nSPS) is 21.0. The van der Waals surface area contributed by atoms with E-state index in [4.69, 9.17) is 9.90 Å². The average Bonchev–Trinajstić information content (AvgIpc) is 3.34. The Labute approximate surface area is 168 Å². The standard InChI is InChI=1S/C19H24FN5O.CH2O2/c20-17-3-1-7-21-19(17)23-10-4-15-13-24(14-16(15)5-11-23)18(26)6-12-25-9-2-8-22-25;2-1-3/h1-3,7-9,15-16H,4-6,10-14H2;1H,(H,2,3)/t15-,16+;. The van der Waals surface area contributed by atoms with Crippen molar-refractivity contribution in [2.75, 3.05) is 31.1 Å². The number of pyridine rings is 1. The van der Waals surface area contributed by atoms with Gasteiger partial charge in [-0.1, -0.05) is 0 Å². The fraction of sp³-hybridized carbons (Fsp3) is 0.500. The Morgan fingerprint density at radius 3 is 2.48 bits per heavy atom. The smallest absolute Gasteiger partial charge is 0.290 e. The molecule has 0 spiro atoms. The van der Waals surface area contributed by atoms with E-state index in [2.05, 4.69) is 15.0 Å². The predicted octanol–water partition coefficient (Wildman–Crippen LogP) is 1.88. The molecule has 156 valence electrons. The second kappa shape index (κ2) is 9.99. The van der Waals surface area contributed by atoms with Gasteiger partial charge in [0.25, 0.3) is 6.47 Å². The zero-order valence-corrected chi connectivity index (χ0v) is 16.2. The van der Waals surface area contributed by atoms with Gasteiger partial charge in [0.2, 0.25) is 5.91 Å². The molecule has 4 heterocycles. The molecular formula is C20H26FN5O3. The lowest BCUT2D eigenvalue weighted by Crippen LogP contribution is -2.32. The molecule has 0 saturated carbocycles. The van der Waals surface area contributed by atoms with Crippen LogP contribution in [0.4, 0.5) is 10.2 Å². The van der Waals surface area contributed by atoms with E-state index in [-0.39, 0.29) is 18.2 Å². The Kier molecular flexibility index (Phi) is 7.15. The highest BCUT2D eigenvalue weighted by Gasteiger charge is 2.37. The molecular weight excluding hydrogens is 377 g/mol. The first kappa shape index (κ1) is 20.8. The molecule has 4 rings (SSSR count). The first-order valence-corrected chi connectivity index (χ1v) is 9.81. The zero-order valence-electron chi connectivity index (χ0n) is 16.2. The average molecular weight is 403 g/mol. The molecule has 29 heavy (non-hydrogen) atoms. The molecule has 2 aliphatic heterocycles. The first-order chi connectivity index (χ1) is 14.1. The van der Waals surface area contributed by atoms with E-state index in [9.17, 15) is 9.18 Å². The minimum atomic E-state index is -0.255. The molecule has 9 heteroatoms. The molecule has 2 fully saturated rings. The fourth-order valence-corrected chi connectivity index (χ4v) is 4.17. The second-order valence-corrected chi connectivity index (χ2v) is 7.32. The van der Waals surface area contributed by atoms with E-state index in [1.807, 2.05) is 17.2 Å². The third-order valence-corrected chi connectivity index (χ3v) is 5.62. The molecule has 2 atom stereocenters. The van der Waals surface area contributed by atoms with Crippen LogP contribution in [0.1, 0.15) is 19.3 Å². The number of halogens is 1. The van der Waals surface area contributed by atoms with Crippen molar-refractivity contribution < 1.29 is 19.1 Å². The quantitative estimate of drug-likeness (QED) is 0.784. The second-order valence-electron chi connectivity index (χ2n) is 7.32. The van der Waals surface area contributed by atoms with Gasteiger partial charge in [0.05, 0.1) is 0 Å². The minimum absolute atomic E-state index is 0.209. The number of anilines is 1. The lowest BCUT2D eigenvalue weighted by Gasteiger charge is -2.23. The van der Waals surface area contributed by atoms with Crippen LogP contribution < -0.4 is 4.90 Å². The third-order valence-electron chi connectivity index (χ3n) is 5.62. The molecule has 0 aromatic carbocycles. The van der Waals surface area contributed by atoms with Gasteiger partial charge in [-0.05, 0) is 42.9 Å². The largest absolute Gasteiger partial charge is 0.483 e. The Morgan fingerprint density at radius 2 is 1.90 bits per heavy atom. The highest BCUT2D eigenvalue weighted by molar-refractivity contribution is 5.76. The maximum Gasteiger partial charge on any atom is 0.290 e. The molecule has 2 aromatic rings. The van der Waals surface area contributed by atoms with E-state index in [0.717, 1.165) is 39.0 Å². The molecule has 2 aliphatic rings. The van der Waals surface area contributed by atoms with E-state index in [1.165, 1.54) is 6.07 Å². The van der Waals surface area contributed by atoms with Gasteiger partial charge in [-0.15, -0.1) is 0 Å². The Balaban J connectivity index is 0.000000755. The maximum atomic E-state index is 14.0. The molecule has 2 saturated heterocycles. The molecule has 0 unspecified atom stereocenters. The molecule has 1 amide bonds. The van der Waals surface area contributed by atoms with Crippen molar-refractivity contribution >= 4 is 18.2 Å². The van der Waals surface area contributed by atoms with E-state index >= 15 is 0 Å². The van der Waals surface area contributed by atoms with Gasteiger partial charge in [0, 0.05) is 57.7 Å². The Bertz CT molecular complexity index is 785. The van der Waals surface area contributed by atoms with Crippen LogP contribution in [0.3, 0.4) is 0 Å². The van der Waals surface area contributed by atoms with Crippen LogP contribution >= 0.6 is 0 Å². The van der Waals surface area contributed by atoms with Gasteiger partial charge in [0.15, 0.2) is 11.6 Å². The summed E-state index contributed by atoms with van der Waals surface area (Å²) >= 11 is 0. The summed E-state index contributed by atoms with van der Waals surface area (Å²) in [5.41, 5.74) is 0. The van der Waals surface area contributed by atoms with Crippen LogP contribution in [0.25, 0.3) is 0 Å². The van der Waals surface area contributed by atoms with Gasteiger partial charge < -0.3 is 14.9 Å². The summed E-state index contributed by atoms with van der Waals surface area (Å²) in [5.74, 6) is 1.41. The summed E-state index contributed by atoms with van der Waals surface area (Å²) in [6.45, 7) is 3.61. The number of aromatic nitrogens is 3. The van der Waals surface area contributed by atoms with Crippen LogP contribution in [0.5, 0.6) is 0 Å². The molecule has 0 bridgehead atoms. The highest BCUT2D eigenvalue weighted by atomic mass is 19.1. The number of nitrogens with zero attached hydrogens (tertiary/aromatic N) is 5. The number of fused-ring (bicyclic) bond motifs is 1. The maximum absolute atomic E-state index is 14.0. The number of hydrogen-bond acceptors (Lipinski definition) is 5. The van der Waals surface area contributed by atoms with Crippen molar-refractivity contribution in [3.63, 3.8) is 0 Å². The first-order valence-electron chi connectivity index (χ1n) is 9.81. The number of amides is 1. The number of hydrogen-bond donors (Lipinski definition) is 1.